The second-order valence-corrected chi connectivity index (χ2v) is 7.83. The molecule has 0 amide bonds. The standard InChI is InChI=1S/C23H30F2N2O/c1-3-15-28-21-14-12-19(22(24)23(21)25)20-13-11-18(26-27-20)10-9-17-7-5-16(4-2)6-8-17/h11-14,16-17H,3-10,15H2,1-2H3. The highest BCUT2D eigenvalue weighted by molar-refractivity contribution is 5.61. The monoisotopic (exact) mass is 388 g/mol. The Labute approximate surface area is 166 Å². The van der Waals surface area contributed by atoms with Crippen molar-refractivity contribution in [2.75, 3.05) is 6.61 Å². The van der Waals surface area contributed by atoms with Crippen molar-refractivity contribution in [3.8, 4) is 17.0 Å². The molecule has 0 unspecified atom stereocenters. The third-order valence-corrected chi connectivity index (χ3v) is 5.86. The van der Waals surface area contributed by atoms with Crippen LogP contribution in [-0.2, 0) is 6.42 Å². The van der Waals surface area contributed by atoms with Gasteiger partial charge in [0.15, 0.2) is 11.6 Å². The number of benzene rings is 1. The van der Waals surface area contributed by atoms with Crippen molar-refractivity contribution >= 4 is 0 Å². The third-order valence-electron chi connectivity index (χ3n) is 5.86. The Morgan fingerprint density at radius 2 is 1.68 bits per heavy atom. The summed E-state index contributed by atoms with van der Waals surface area (Å²) in [7, 11) is 0. The number of aromatic nitrogens is 2. The molecule has 1 heterocycles. The highest BCUT2D eigenvalue weighted by Gasteiger charge is 2.20. The van der Waals surface area contributed by atoms with Crippen LogP contribution in [0.3, 0.4) is 0 Å². The number of halogens is 2. The van der Waals surface area contributed by atoms with Gasteiger partial charge in [-0.2, -0.15) is 14.6 Å². The molecule has 2 aromatic rings. The molecule has 152 valence electrons. The molecule has 1 aromatic carbocycles. The lowest BCUT2D eigenvalue weighted by molar-refractivity contribution is 0.258. The van der Waals surface area contributed by atoms with Crippen molar-refractivity contribution in [3.63, 3.8) is 0 Å². The number of hydrogen-bond acceptors (Lipinski definition) is 3. The van der Waals surface area contributed by atoms with E-state index < -0.39 is 11.6 Å². The first-order valence-electron chi connectivity index (χ1n) is 10.6. The zero-order chi connectivity index (χ0) is 19.9. The Morgan fingerprint density at radius 1 is 0.929 bits per heavy atom. The van der Waals surface area contributed by atoms with Crippen molar-refractivity contribution in [2.45, 2.75) is 65.2 Å². The summed E-state index contributed by atoms with van der Waals surface area (Å²) in [5.41, 5.74) is 1.36. The molecule has 0 bridgehead atoms. The van der Waals surface area contributed by atoms with Crippen molar-refractivity contribution < 1.29 is 13.5 Å². The number of nitrogens with zero attached hydrogens (tertiary/aromatic N) is 2. The van der Waals surface area contributed by atoms with Gasteiger partial charge >= 0.3 is 0 Å². The Kier molecular flexibility index (Phi) is 7.35. The highest BCUT2D eigenvalue weighted by atomic mass is 19.2. The topological polar surface area (TPSA) is 35.0 Å². The fraction of sp³-hybridized carbons (Fsp3) is 0.565. The Balaban J connectivity index is 1.60. The van der Waals surface area contributed by atoms with E-state index in [1.165, 1.54) is 44.2 Å². The fourth-order valence-electron chi connectivity index (χ4n) is 3.97. The quantitative estimate of drug-likeness (QED) is 0.528. The predicted molar refractivity (Wildman–Crippen MR) is 107 cm³/mol. The lowest BCUT2D eigenvalue weighted by Crippen LogP contribution is -2.14. The molecule has 3 rings (SSSR count). The summed E-state index contributed by atoms with van der Waals surface area (Å²) in [6.45, 7) is 4.54. The minimum atomic E-state index is -0.973. The molecule has 5 heteroatoms. The van der Waals surface area contributed by atoms with Gasteiger partial charge in [0.25, 0.3) is 0 Å². The molecule has 0 spiro atoms. The van der Waals surface area contributed by atoms with E-state index in [1.807, 2.05) is 13.0 Å². The first-order valence-corrected chi connectivity index (χ1v) is 10.6. The normalized spacial score (nSPS) is 19.6. The van der Waals surface area contributed by atoms with Crippen LogP contribution < -0.4 is 4.74 Å². The maximum atomic E-state index is 14.4. The number of hydrogen-bond donors (Lipinski definition) is 0. The van der Waals surface area contributed by atoms with Crippen molar-refractivity contribution in [1.82, 2.24) is 10.2 Å². The largest absolute Gasteiger partial charge is 0.490 e. The summed E-state index contributed by atoms with van der Waals surface area (Å²) in [6, 6.07) is 6.55. The molecule has 3 nitrogen and oxygen atoms in total. The van der Waals surface area contributed by atoms with Gasteiger partial charge < -0.3 is 4.74 Å². The van der Waals surface area contributed by atoms with Crippen LogP contribution in [0.5, 0.6) is 5.75 Å². The van der Waals surface area contributed by atoms with Gasteiger partial charge in [0.1, 0.15) is 0 Å². The molecular formula is C23H30F2N2O. The van der Waals surface area contributed by atoms with Gasteiger partial charge in [-0.25, -0.2) is 4.39 Å². The van der Waals surface area contributed by atoms with E-state index in [2.05, 4.69) is 17.1 Å². The Bertz CT molecular complexity index is 756. The van der Waals surface area contributed by atoms with Crippen molar-refractivity contribution in [3.05, 3.63) is 41.6 Å². The molecule has 1 saturated carbocycles. The summed E-state index contributed by atoms with van der Waals surface area (Å²) in [4.78, 5) is 0. The third kappa shape index (κ3) is 5.06. The molecular weight excluding hydrogens is 358 g/mol. The average molecular weight is 389 g/mol. The molecule has 1 aromatic heterocycles. The molecule has 0 radical (unpaired) electrons. The van der Waals surface area contributed by atoms with Crippen LogP contribution in [0.2, 0.25) is 0 Å². The summed E-state index contributed by atoms with van der Waals surface area (Å²) >= 11 is 0. The number of aryl methyl sites for hydroxylation is 1. The van der Waals surface area contributed by atoms with Crippen molar-refractivity contribution in [2.24, 2.45) is 11.8 Å². The molecule has 1 aliphatic rings. The van der Waals surface area contributed by atoms with E-state index in [9.17, 15) is 8.78 Å². The maximum absolute atomic E-state index is 14.4. The van der Waals surface area contributed by atoms with Gasteiger partial charge in [-0.05, 0) is 55.4 Å². The van der Waals surface area contributed by atoms with E-state index >= 15 is 0 Å². The second-order valence-electron chi connectivity index (χ2n) is 7.83. The molecule has 28 heavy (non-hydrogen) atoms. The average Bonchev–Trinajstić information content (AvgIpc) is 2.74. The predicted octanol–water partition coefficient (Wildman–Crippen LogP) is 6.36. The summed E-state index contributed by atoms with van der Waals surface area (Å²) < 4.78 is 33.8. The molecule has 0 saturated heterocycles. The summed E-state index contributed by atoms with van der Waals surface area (Å²) in [5, 5.41) is 8.38. The van der Waals surface area contributed by atoms with Gasteiger partial charge in [0, 0.05) is 5.56 Å². The van der Waals surface area contributed by atoms with E-state index in [0.29, 0.717) is 12.3 Å². The molecule has 1 aliphatic carbocycles. The van der Waals surface area contributed by atoms with Gasteiger partial charge in [-0.15, -0.1) is 0 Å². The summed E-state index contributed by atoms with van der Waals surface area (Å²) in [6.07, 6.45) is 9.33. The van der Waals surface area contributed by atoms with Crippen LogP contribution in [0.1, 0.15) is 64.5 Å². The fourth-order valence-corrected chi connectivity index (χ4v) is 3.97. The van der Waals surface area contributed by atoms with Gasteiger partial charge in [0.2, 0.25) is 5.82 Å². The van der Waals surface area contributed by atoms with E-state index in [4.69, 9.17) is 4.74 Å². The Morgan fingerprint density at radius 3 is 2.32 bits per heavy atom. The van der Waals surface area contributed by atoms with Crippen LogP contribution in [-0.4, -0.2) is 16.8 Å². The zero-order valence-corrected chi connectivity index (χ0v) is 16.9. The van der Waals surface area contributed by atoms with E-state index in [1.54, 1.807) is 6.07 Å². The number of rotatable bonds is 8. The van der Waals surface area contributed by atoms with Crippen LogP contribution in [0.15, 0.2) is 24.3 Å². The van der Waals surface area contributed by atoms with E-state index in [-0.39, 0.29) is 11.3 Å². The lowest BCUT2D eigenvalue weighted by Gasteiger charge is -2.27. The van der Waals surface area contributed by atoms with Crippen LogP contribution in [0.25, 0.3) is 11.3 Å². The molecule has 0 aliphatic heterocycles. The lowest BCUT2D eigenvalue weighted by atomic mass is 9.79. The minimum absolute atomic E-state index is 0.0644. The van der Waals surface area contributed by atoms with Crippen LogP contribution >= 0.6 is 0 Å². The molecule has 1 fully saturated rings. The molecule has 0 atom stereocenters. The minimum Gasteiger partial charge on any atom is -0.490 e. The van der Waals surface area contributed by atoms with Crippen LogP contribution in [0.4, 0.5) is 8.78 Å². The Hall–Kier alpha value is -2.04. The molecule has 0 N–H and O–H groups in total. The van der Waals surface area contributed by atoms with Gasteiger partial charge in [-0.1, -0.05) is 46.0 Å². The smallest absolute Gasteiger partial charge is 0.201 e. The van der Waals surface area contributed by atoms with E-state index in [0.717, 1.165) is 36.8 Å². The first-order chi connectivity index (χ1) is 13.6. The first kappa shape index (κ1) is 20.7. The number of ether oxygens (including phenoxy) is 1. The maximum Gasteiger partial charge on any atom is 0.201 e. The van der Waals surface area contributed by atoms with Gasteiger partial charge in [-0.3, -0.25) is 0 Å². The van der Waals surface area contributed by atoms with Gasteiger partial charge in [0.05, 0.1) is 18.0 Å². The zero-order valence-electron chi connectivity index (χ0n) is 16.9. The highest BCUT2D eigenvalue weighted by Crippen LogP contribution is 2.33. The SMILES string of the molecule is CCCOc1ccc(-c2ccc(CCC3CCC(CC)CC3)nn2)c(F)c1F. The van der Waals surface area contributed by atoms with Crippen LogP contribution in [0, 0.1) is 23.5 Å². The summed E-state index contributed by atoms with van der Waals surface area (Å²) in [5.74, 6) is -0.302. The van der Waals surface area contributed by atoms with Crippen molar-refractivity contribution in [1.29, 1.82) is 0 Å². The second kappa shape index (κ2) is 9.94.